The summed E-state index contributed by atoms with van der Waals surface area (Å²) in [6, 6.07) is 4.91. The van der Waals surface area contributed by atoms with Gasteiger partial charge in [-0.1, -0.05) is 35.0 Å². The third-order valence-corrected chi connectivity index (χ3v) is 5.83. The van der Waals surface area contributed by atoms with Crippen LogP contribution in [0, 0.1) is 0 Å². The Morgan fingerprint density at radius 2 is 2.04 bits per heavy atom. The van der Waals surface area contributed by atoms with Crippen LogP contribution in [0.3, 0.4) is 0 Å². The zero-order valence-electron chi connectivity index (χ0n) is 14.8. The number of thioether (sulfide) groups is 1. The summed E-state index contributed by atoms with van der Waals surface area (Å²) in [7, 11) is 0. The minimum atomic E-state index is -1.23. The standard InChI is InChI=1S/C17H21Cl2N3O4S2/c1-9(24)14(8-23)26-17(28-12-5-10(18)4-11(19)6-12)15(25)22-7-13(20)16-21-2-3-27-16/h2-7,9,14-15,17,22-25H,8,20H2,1H3/b13-7-/t9?,14?,15-,17?/m1/s1. The predicted octanol–water partition coefficient (Wildman–Crippen LogP) is 2.49. The van der Waals surface area contributed by atoms with Gasteiger partial charge in [0.25, 0.3) is 0 Å². The Morgan fingerprint density at radius 1 is 1.36 bits per heavy atom. The van der Waals surface area contributed by atoms with E-state index in [1.54, 1.807) is 29.8 Å². The van der Waals surface area contributed by atoms with Crippen LogP contribution in [-0.4, -0.2) is 50.8 Å². The summed E-state index contributed by atoms with van der Waals surface area (Å²) in [5.74, 6) is 0. The van der Waals surface area contributed by atoms with Crippen molar-refractivity contribution in [1.82, 2.24) is 10.3 Å². The maximum absolute atomic E-state index is 10.6. The molecule has 154 valence electrons. The van der Waals surface area contributed by atoms with Crippen molar-refractivity contribution in [3.05, 3.63) is 51.0 Å². The molecular formula is C17H21Cl2N3O4S2. The van der Waals surface area contributed by atoms with Crippen molar-refractivity contribution in [3.8, 4) is 0 Å². The average molecular weight is 466 g/mol. The van der Waals surface area contributed by atoms with Crippen molar-refractivity contribution in [2.45, 2.75) is 35.7 Å². The van der Waals surface area contributed by atoms with E-state index >= 15 is 0 Å². The molecule has 0 bridgehead atoms. The molecule has 2 rings (SSSR count). The van der Waals surface area contributed by atoms with Gasteiger partial charge >= 0.3 is 0 Å². The van der Waals surface area contributed by atoms with E-state index in [9.17, 15) is 15.3 Å². The number of ether oxygens (including phenoxy) is 1. The van der Waals surface area contributed by atoms with E-state index in [0.717, 1.165) is 11.8 Å². The van der Waals surface area contributed by atoms with Gasteiger partial charge < -0.3 is 31.1 Å². The van der Waals surface area contributed by atoms with Crippen LogP contribution in [0.2, 0.25) is 10.0 Å². The molecule has 28 heavy (non-hydrogen) atoms. The highest BCUT2D eigenvalue weighted by Gasteiger charge is 2.27. The van der Waals surface area contributed by atoms with Gasteiger partial charge in [-0.25, -0.2) is 4.98 Å². The summed E-state index contributed by atoms with van der Waals surface area (Å²) in [4.78, 5) is 4.72. The molecule has 6 N–H and O–H groups in total. The lowest BCUT2D eigenvalue weighted by Crippen LogP contribution is -2.42. The van der Waals surface area contributed by atoms with E-state index in [1.807, 2.05) is 0 Å². The van der Waals surface area contributed by atoms with Gasteiger partial charge in [0.05, 0.1) is 18.4 Å². The van der Waals surface area contributed by atoms with Crippen molar-refractivity contribution in [2.75, 3.05) is 6.61 Å². The monoisotopic (exact) mass is 465 g/mol. The van der Waals surface area contributed by atoms with Crippen LogP contribution in [0.15, 0.2) is 40.9 Å². The van der Waals surface area contributed by atoms with Gasteiger partial charge in [-0.05, 0) is 25.1 Å². The zero-order chi connectivity index (χ0) is 20.7. The second kappa shape index (κ2) is 11.2. The summed E-state index contributed by atoms with van der Waals surface area (Å²) in [5.41, 5.74) is 5.36. The highest BCUT2D eigenvalue weighted by atomic mass is 35.5. The van der Waals surface area contributed by atoms with Gasteiger partial charge in [-0.15, -0.1) is 11.3 Å². The molecule has 1 aromatic heterocycles. The van der Waals surface area contributed by atoms with Crippen LogP contribution in [0.5, 0.6) is 0 Å². The number of nitrogens with zero attached hydrogens (tertiary/aromatic N) is 1. The second-order valence-electron chi connectivity index (χ2n) is 5.74. The number of hydrogen-bond donors (Lipinski definition) is 5. The van der Waals surface area contributed by atoms with Gasteiger partial charge in [0.15, 0.2) is 11.7 Å². The zero-order valence-corrected chi connectivity index (χ0v) is 18.0. The first-order valence-corrected chi connectivity index (χ1v) is 10.7. The molecule has 0 amide bonds. The normalized spacial score (nSPS) is 16.4. The van der Waals surface area contributed by atoms with Crippen LogP contribution in [0.1, 0.15) is 11.9 Å². The molecule has 4 atom stereocenters. The Labute approximate surface area is 181 Å². The number of nitrogens with two attached hydrogens (primary N) is 1. The lowest BCUT2D eigenvalue weighted by atomic mass is 10.2. The summed E-state index contributed by atoms with van der Waals surface area (Å²) in [5, 5.41) is 35.8. The Bertz CT molecular complexity index is 758. The number of thiazole rings is 1. The van der Waals surface area contributed by atoms with E-state index in [-0.39, 0.29) is 0 Å². The molecular weight excluding hydrogens is 445 g/mol. The molecule has 11 heteroatoms. The van der Waals surface area contributed by atoms with E-state index < -0.39 is 30.5 Å². The lowest BCUT2D eigenvalue weighted by molar-refractivity contribution is -0.0978. The van der Waals surface area contributed by atoms with Gasteiger partial charge in [0.1, 0.15) is 11.1 Å². The number of nitrogens with one attached hydrogen (secondary N) is 1. The highest BCUT2D eigenvalue weighted by molar-refractivity contribution is 7.99. The Hall–Kier alpha value is -1.04. The van der Waals surface area contributed by atoms with Gasteiger partial charge in [0, 0.05) is 32.7 Å². The highest BCUT2D eigenvalue weighted by Crippen LogP contribution is 2.32. The molecule has 0 spiro atoms. The molecule has 0 radical (unpaired) electrons. The fourth-order valence-electron chi connectivity index (χ4n) is 2.06. The first kappa shape index (κ1) is 23.2. The maximum Gasteiger partial charge on any atom is 0.160 e. The molecule has 0 aliphatic heterocycles. The summed E-state index contributed by atoms with van der Waals surface area (Å²) in [6.07, 6.45) is -0.0324. The average Bonchev–Trinajstić information content (AvgIpc) is 3.16. The van der Waals surface area contributed by atoms with Gasteiger partial charge in [0.2, 0.25) is 0 Å². The minimum Gasteiger partial charge on any atom is -0.395 e. The Balaban J connectivity index is 2.17. The van der Waals surface area contributed by atoms with Gasteiger partial charge in [-0.3, -0.25) is 0 Å². The third-order valence-electron chi connectivity index (χ3n) is 3.46. The number of halogens is 2. The minimum absolute atomic E-state index is 0.345. The van der Waals surface area contributed by atoms with Crippen molar-refractivity contribution in [3.63, 3.8) is 0 Å². The lowest BCUT2D eigenvalue weighted by Gasteiger charge is -2.28. The van der Waals surface area contributed by atoms with E-state index in [4.69, 9.17) is 33.7 Å². The molecule has 0 saturated heterocycles. The number of aromatic nitrogens is 1. The molecule has 1 aromatic carbocycles. The Morgan fingerprint density at radius 3 is 2.57 bits per heavy atom. The van der Waals surface area contributed by atoms with Crippen molar-refractivity contribution in [1.29, 1.82) is 0 Å². The van der Waals surface area contributed by atoms with Crippen molar-refractivity contribution < 1.29 is 20.1 Å². The SMILES string of the molecule is CC(O)C(CO)OC(Sc1cc(Cl)cc(Cl)c1)[C@@H](O)N/C=C(\N)c1nccs1. The van der Waals surface area contributed by atoms with Gasteiger partial charge in [-0.2, -0.15) is 0 Å². The molecule has 7 nitrogen and oxygen atoms in total. The first-order chi connectivity index (χ1) is 13.3. The molecule has 1 heterocycles. The molecule has 0 saturated carbocycles. The van der Waals surface area contributed by atoms with Crippen LogP contribution >= 0.6 is 46.3 Å². The first-order valence-electron chi connectivity index (χ1n) is 8.17. The topological polar surface area (TPSA) is 121 Å². The number of benzene rings is 1. The number of rotatable bonds is 10. The smallest absolute Gasteiger partial charge is 0.160 e. The van der Waals surface area contributed by atoms with Crippen LogP contribution in [0.25, 0.3) is 5.70 Å². The molecule has 2 aromatic rings. The van der Waals surface area contributed by atoms with Crippen LogP contribution < -0.4 is 11.1 Å². The molecule has 0 fully saturated rings. The van der Waals surface area contributed by atoms with E-state index in [0.29, 0.717) is 25.6 Å². The van der Waals surface area contributed by atoms with E-state index in [1.165, 1.54) is 24.5 Å². The number of aliphatic hydroxyl groups is 3. The third kappa shape index (κ3) is 7.09. The summed E-state index contributed by atoms with van der Waals surface area (Å²) >= 11 is 14.5. The van der Waals surface area contributed by atoms with Crippen molar-refractivity contribution >= 4 is 52.0 Å². The summed E-state index contributed by atoms with van der Waals surface area (Å²) in [6.45, 7) is 1.06. The van der Waals surface area contributed by atoms with Crippen molar-refractivity contribution in [2.24, 2.45) is 5.73 Å². The number of hydrogen-bond acceptors (Lipinski definition) is 9. The maximum atomic E-state index is 10.6. The fourth-order valence-corrected chi connectivity index (χ4v) is 4.35. The second-order valence-corrected chi connectivity index (χ2v) is 8.68. The summed E-state index contributed by atoms with van der Waals surface area (Å²) < 4.78 is 5.71. The molecule has 0 aliphatic rings. The molecule has 0 aliphatic carbocycles. The predicted molar refractivity (Wildman–Crippen MR) is 113 cm³/mol. The van der Waals surface area contributed by atoms with E-state index in [2.05, 4.69) is 10.3 Å². The largest absolute Gasteiger partial charge is 0.395 e. The number of aliphatic hydroxyl groups excluding tert-OH is 3. The quantitative estimate of drug-likeness (QED) is 0.268. The van der Waals surface area contributed by atoms with Crippen LogP contribution in [-0.2, 0) is 4.74 Å². The fraction of sp³-hybridized carbons (Fsp3) is 0.353. The Kier molecular flexibility index (Phi) is 9.32. The molecule has 3 unspecified atom stereocenters. The van der Waals surface area contributed by atoms with Crippen LogP contribution in [0.4, 0.5) is 0 Å².